The molecule has 4 aromatic rings. The highest BCUT2D eigenvalue weighted by Crippen LogP contribution is 2.47. The largest absolute Gasteiger partial charge is 0.491 e. The van der Waals surface area contributed by atoms with Crippen molar-refractivity contribution in [1.82, 2.24) is 8.75 Å². The molecule has 0 saturated carbocycles. The first kappa shape index (κ1) is 32.2. The van der Waals surface area contributed by atoms with Crippen LogP contribution in [0.3, 0.4) is 0 Å². The van der Waals surface area contributed by atoms with Crippen molar-refractivity contribution in [2.24, 2.45) is 0 Å². The predicted octanol–water partition coefficient (Wildman–Crippen LogP) is 7.24. The Kier molecular flexibility index (Phi) is 9.36. The van der Waals surface area contributed by atoms with Gasteiger partial charge in [-0.2, -0.15) is 8.75 Å². The molecular weight excluding hydrogens is 592 g/mol. The van der Waals surface area contributed by atoms with Gasteiger partial charge in [-0.3, -0.25) is 0 Å². The van der Waals surface area contributed by atoms with E-state index in [4.69, 9.17) is 23.7 Å². The van der Waals surface area contributed by atoms with Crippen LogP contribution in [0.2, 0.25) is 0 Å². The van der Waals surface area contributed by atoms with Crippen molar-refractivity contribution in [3.63, 3.8) is 0 Å². The molecule has 9 nitrogen and oxygen atoms in total. The number of aromatic nitrogens is 2. The molecular formula is C35H40N2O7S. The van der Waals surface area contributed by atoms with Gasteiger partial charge in [0.2, 0.25) is 5.75 Å². The van der Waals surface area contributed by atoms with E-state index in [1.54, 1.807) is 36.4 Å². The second-order valence-corrected chi connectivity index (χ2v) is 12.7. The van der Waals surface area contributed by atoms with Crippen molar-refractivity contribution in [3.8, 4) is 23.0 Å². The Labute approximate surface area is 268 Å². The number of nitrogens with zero attached hydrogens (tertiary/aromatic N) is 2. The van der Waals surface area contributed by atoms with Crippen molar-refractivity contribution in [3.05, 3.63) is 76.9 Å². The van der Waals surface area contributed by atoms with Gasteiger partial charge < -0.3 is 28.8 Å². The maximum absolute atomic E-state index is 13.7. The quantitative estimate of drug-likeness (QED) is 0.162. The normalized spacial score (nSPS) is 16.8. The van der Waals surface area contributed by atoms with E-state index in [-0.39, 0.29) is 36.4 Å². The van der Waals surface area contributed by atoms with Gasteiger partial charge in [0.1, 0.15) is 16.8 Å². The Morgan fingerprint density at radius 3 is 1.91 bits per heavy atom. The van der Waals surface area contributed by atoms with Crippen LogP contribution in [0.5, 0.6) is 23.0 Å². The maximum atomic E-state index is 13.7. The number of carbonyl (C=O) groups is 1. The zero-order chi connectivity index (χ0) is 32.5. The molecule has 0 fully saturated rings. The van der Waals surface area contributed by atoms with Gasteiger partial charge in [0.25, 0.3) is 5.79 Å². The monoisotopic (exact) mass is 632 g/mol. The number of carbonyl (C=O) groups excluding carboxylic acids is 1. The number of hydrogen-bond acceptors (Lipinski definition) is 10. The molecule has 5 rings (SSSR count). The number of ether oxygens (including phenoxy) is 5. The number of esters is 1. The van der Waals surface area contributed by atoms with Crippen molar-refractivity contribution in [2.45, 2.75) is 92.0 Å². The third-order valence-corrected chi connectivity index (χ3v) is 7.41. The summed E-state index contributed by atoms with van der Waals surface area (Å²) in [5.74, 6) is -0.541. The van der Waals surface area contributed by atoms with Crippen LogP contribution < -0.4 is 18.9 Å². The minimum absolute atomic E-state index is 0.0208. The van der Waals surface area contributed by atoms with E-state index in [0.717, 1.165) is 22.8 Å². The minimum Gasteiger partial charge on any atom is -0.491 e. The van der Waals surface area contributed by atoms with Crippen molar-refractivity contribution in [1.29, 1.82) is 0 Å². The molecule has 0 saturated heterocycles. The SMILES string of the molecule is CC(C)Oc1ccc(C2(O)OC(=O)C(c3ccc4nsnc4c3)=C2Cc2cc(OC(C)C)c(OC(C)C)c(OC(C)C)c2)cc1. The molecule has 0 amide bonds. The van der Waals surface area contributed by atoms with Crippen molar-refractivity contribution in [2.75, 3.05) is 0 Å². The van der Waals surface area contributed by atoms with Crippen LogP contribution in [-0.4, -0.2) is 44.2 Å². The fourth-order valence-electron chi connectivity index (χ4n) is 5.21. The number of fused-ring (bicyclic) bond motifs is 1. The fraction of sp³-hybridized carbons (Fsp3) is 0.400. The van der Waals surface area contributed by atoms with E-state index in [2.05, 4.69) is 8.75 Å². The second kappa shape index (κ2) is 13.1. The fourth-order valence-corrected chi connectivity index (χ4v) is 5.73. The van der Waals surface area contributed by atoms with Gasteiger partial charge in [0.15, 0.2) is 11.5 Å². The zero-order valence-electron chi connectivity index (χ0n) is 26.9. The number of aliphatic hydroxyl groups is 1. The van der Waals surface area contributed by atoms with Crippen LogP contribution in [0.1, 0.15) is 72.1 Å². The highest BCUT2D eigenvalue weighted by atomic mass is 32.1. The molecule has 1 aliphatic heterocycles. The first-order valence-electron chi connectivity index (χ1n) is 15.2. The summed E-state index contributed by atoms with van der Waals surface area (Å²) in [6.07, 6.45) is -0.296. The van der Waals surface area contributed by atoms with Gasteiger partial charge in [-0.1, -0.05) is 6.07 Å². The molecule has 1 N–H and O–H groups in total. The number of rotatable bonds is 12. The van der Waals surface area contributed by atoms with E-state index in [9.17, 15) is 9.90 Å². The Morgan fingerprint density at radius 2 is 1.33 bits per heavy atom. The summed E-state index contributed by atoms with van der Waals surface area (Å²) < 4.78 is 38.9. The first-order chi connectivity index (χ1) is 21.3. The topological polar surface area (TPSA) is 109 Å². The molecule has 10 heteroatoms. The summed E-state index contributed by atoms with van der Waals surface area (Å²) in [6, 6.07) is 16.1. The summed E-state index contributed by atoms with van der Waals surface area (Å²) in [7, 11) is 0. The second-order valence-electron chi connectivity index (χ2n) is 12.1. The average Bonchev–Trinajstić information content (AvgIpc) is 3.51. The Bertz CT molecular complexity index is 1680. The molecule has 45 heavy (non-hydrogen) atoms. The van der Waals surface area contributed by atoms with Crippen molar-refractivity contribution >= 4 is 34.3 Å². The van der Waals surface area contributed by atoms with Gasteiger partial charge in [0, 0.05) is 17.6 Å². The van der Waals surface area contributed by atoms with Crippen LogP contribution in [0.25, 0.3) is 16.6 Å². The highest BCUT2D eigenvalue weighted by molar-refractivity contribution is 7.00. The molecule has 0 spiro atoms. The predicted molar refractivity (Wildman–Crippen MR) is 174 cm³/mol. The zero-order valence-corrected chi connectivity index (χ0v) is 27.7. The van der Waals surface area contributed by atoms with Crippen LogP contribution in [0, 0.1) is 0 Å². The molecule has 0 aliphatic carbocycles. The Balaban J connectivity index is 1.69. The van der Waals surface area contributed by atoms with Gasteiger partial charge >= 0.3 is 5.97 Å². The lowest BCUT2D eigenvalue weighted by Crippen LogP contribution is -2.29. The molecule has 0 radical (unpaired) electrons. The average molecular weight is 633 g/mol. The molecule has 2 heterocycles. The Hall–Kier alpha value is -4.15. The molecule has 0 bridgehead atoms. The molecule has 1 aromatic heterocycles. The third kappa shape index (κ3) is 7.07. The van der Waals surface area contributed by atoms with E-state index < -0.39 is 11.8 Å². The minimum atomic E-state index is -2.05. The lowest BCUT2D eigenvalue weighted by atomic mass is 9.87. The molecule has 1 aliphatic rings. The van der Waals surface area contributed by atoms with Gasteiger partial charge in [-0.15, -0.1) is 0 Å². The van der Waals surface area contributed by atoms with Crippen LogP contribution in [-0.2, 0) is 21.7 Å². The summed E-state index contributed by atoms with van der Waals surface area (Å²) in [6.45, 7) is 15.5. The summed E-state index contributed by atoms with van der Waals surface area (Å²) in [5, 5.41) is 12.3. The van der Waals surface area contributed by atoms with E-state index in [0.29, 0.717) is 45.2 Å². The third-order valence-electron chi connectivity index (χ3n) is 6.86. The number of hydrogen-bond donors (Lipinski definition) is 1. The summed E-state index contributed by atoms with van der Waals surface area (Å²) in [5.41, 5.74) is 3.70. The van der Waals surface area contributed by atoms with E-state index >= 15 is 0 Å². The molecule has 3 aromatic carbocycles. The molecule has 238 valence electrons. The summed E-state index contributed by atoms with van der Waals surface area (Å²) >= 11 is 1.10. The highest BCUT2D eigenvalue weighted by Gasteiger charge is 2.48. The molecule has 1 unspecified atom stereocenters. The van der Waals surface area contributed by atoms with Crippen LogP contribution >= 0.6 is 11.7 Å². The van der Waals surface area contributed by atoms with Gasteiger partial charge in [0.05, 0.1) is 41.7 Å². The van der Waals surface area contributed by atoms with Crippen LogP contribution in [0.4, 0.5) is 0 Å². The molecule has 1 atom stereocenters. The van der Waals surface area contributed by atoms with Crippen molar-refractivity contribution < 1.29 is 33.6 Å². The Morgan fingerprint density at radius 1 is 0.756 bits per heavy atom. The van der Waals surface area contributed by atoms with Gasteiger partial charge in [-0.25, -0.2) is 4.79 Å². The lowest BCUT2D eigenvalue weighted by Gasteiger charge is -2.27. The first-order valence-corrected chi connectivity index (χ1v) is 15.9. The van der Waals surface area contributed by atoms with Crippen LogP contribution in [0.15, 0.2) is 60.2 Å². The van der Waals surface area contributed by atoms with Gasteiger partial charge in [-0.05, 0) is 115 Å². The van der Waals surface area contributed by atoms with E-state index in [1.807, 2.05) is 73.6 Å². The number of cyclic esters (lactones) is 1. The number of benzene rings is 3. The lowest BCUT2D eigenvalue weighted by molar-refractivity contribution is -0.185. The smallest absolute Gasteiger partial charge is 0.342 e. The summed E-state index contributed by atoms with van der Waals surface area (Å²) in [4.78, 5) is 13.7. The standard InChI is InChI=1S/C35H40N2O7S/c1-19(2)40-26-12-10-25(11-13-26)35(39)27(32(34(38)44-35)24-9-14-28-29(18-24)37-45-36-28)15-23-16-30(41-20(3)4)33(43-22(7)8)31(17-23)42-21(5)6/h9-14,16-22,39H,15H2,1-8H3. The maximum Gasteiger partial charge on any atom is 0.342 e. The van der Waals surface area contributed by atoms with E-state index in [1.165, 1.54) is 0 Å².